The third-order valence-electron chi connectivity index (χ3n) is 8.65. The molecule has 0 aliphatic rings. The van der Waals surface area contributed by atoms with E-state index in [0.717, 1.165) is 32.5 Å². The van der Waals surface area contributed by atoms with Gasteiger partial charge in [-0.2, -0.15) is 0 Å². The van der Waals surface area contributed by atoms with Crippen molar-refractivity contribution in [2.75, 3.05) is 4.90 Å². The molecule has 230 valence electrons. The largest absolute Gasteiger partial charge is 0.310 e. The summed E-state index contributed by atoms with van der Waals surface area (Å²) in [5.41, 5.74) is 0.336. The zero-order valence-corrected chi connectivity index (χ0v) is 26.0. The minimum Gasteiger partial charge on any atom is -0.310 e. The molecular formula is C48H33N. The van der Waals surface area contributed by atoms with Crippen LogP contribution < -0.4 is 4.90 Å². The van der Waals surface area contributed by atoms with E-state index in [-0.39, 0.29) is 16.9 Å². The monoisotopic (exact) mass is 636 g/mol. The first kappa shape index (κ1) is 18.2. The lowest BCUT2D eigenvalue weighted by Crippen LogP contribution is -2.10. The fourth-order valence-corrected chi connectivity index (χ4v) is 6.29. The fourth-order valence-electron chi connectivity index (χ4n) is 6.29. The smallest absolute Gasteiger partial charge is 0.0645 e. The van der Waals surface area contributed by atoms with Crippen LogP contribution in [0.2, 0.25) is 0 Å². The molecule has 0 fully saturated rings. The average Bonchev–Trinajstić information content (AvgIpc) is 3.29. The number of hydrogen-bond donors (Lipinski definition) is 0. The third kappa shape index (κ3) is 5.42. The van der Waals surface area contributed by atoms with E-state index in [9.17, 15) is 11.0 Å². The normalized spacial score (nSPS) is 15.0. The SMILES string of the molecule is [2H]c1c([2H])c([2H])c(-c2c([2H])c([2H])c(N(c3cccc(-c4ccc5ccccc5c4)c3)c3c([2H])c([2H])c(-c4cc5ccccc5c5ccccc45)c([2H])c3[2H])c([2H])c2[2H])c([2H])c1[2H]. The Hall–Kier alpha value is -6.44. The zero-order valence-electron chi connectivity index (χ0n) is 39.0. The topological polar surface area (TPSA) is 3.24 Å². The van der Waals surface area contributed by atoms with Crippen molar-refractivity contribution in [1.29, 1.82) is 0 Å². The van der Waals surface area contributed by atoms with Crippen LogP contribution >= 0.6 is 0 Å². The van der Waals surface area contributed by atoms with E-state index in [1.807, 2.05) is 103 Å². The highest BCUT2D eigenvalue weighted by atomic mass is 15.1. The molecule has 1 heteroatoms. The lowest BCUT2D eigenvalue weighted by atomic mass is 9.93. The molecule has 0 saturated heterocycles. The first-order chi connectivity index (χ1) is 29.7. The van der Waals surface area contributed by atoms with Gasteiger partial charge in [0, 0.05) is 17.1 Å². The summed E-state index contributed by atoms with van der Waals surface area (Å²) in [6.07, 6.45) is 0. The van der Waals surface area contributed by atoms with E-state index < -0.39 is 95.4 Å². The summed E-state index contributed by atoms with van der Waals surface area (Å²) in [4.78, 5) is 1.19. The zero-order chi connectivity index (χ0) is 43.9. The van der Waals surface area contributed by atoms with Crippen molar-refractivity contribution in [3.8, 4) is 33.4 Å². The Kier molecular flexibility index (Phi) is 4.57. The summed E-state index contributed by atoms with van der Waals surface area (Å²) in [5, 5.41) is 5.33. The molecule has 9 rings (SSSR count). The van der Waals surface area contributed by atoms with Crippen molar-refractivity contribution in [1.82, 2.24) is 0 Å². The standard InChI is InChI=1S/C48H33N/c1-2-11-34(12-3-1)36-23-27-42(28-24-36)49(44-17-10-16-39(32-44)40-22-21-35-13-4-5-14-38(35)31-40)43-29-25-37(26-30-43)48-33-41-15-6-7-18-45(41)46-19-8-9-20-47(46)48/h1-33H/i1D,2D,3D,11D,12D,23D,24D,25D,26D,27D,28D,29D,30D. The molecular weight excluding hydrogens is 591 g/mol. The quantitative estimate of drug-likeness (QED) is 0.164. The molecule has 0 aromatic heterocycles. The van der Waals surface area contributed by atoms with Crippen molar-refractivity contribution in [2.45, 2.75) is 0 Å². The molecule has 0 radical (unpaired) electrons. The predicted octanol–water partition coefficient (Wildman–Crippen LogP) is 13.6. The lowest BCUT2D eigenvalue weighted by Gasteiger charge is -2.26. The van der Waals surface area contributed by atoms with Crippen LogP contribution in [0, 0.1) is 0 Å². The van der Waals surface area contributed by atoms with Crippen LogP contribution in [-0.2, 0) is 0 Å². The van der Waals surface area contributed by atoms with Crippen LogP contribution in [0.15, 0.2) is 200 Å². The van der Waals surface area contributed by atoms with Gasteiger partial charge in [-0.3, -0.25) is 0 Å². The number of benzene rings is 9. The van der Waals surface area contributed by atoms with Crippen molar-refractivity contribution >= 4 is 49.4 Å². The Labute approximate surface area is 305 Å². The van der Waals surface area contributed by atoms with E-state index in [1.54, 1.807) is 18.2 Å². The van der Waals surface area contributed by atoms with Gasteiger partial charge in [0.05, 0.1) is 17.8 Å². The van der Waals surface area contributed by atoms with E-state index >= 15 is 0 Å². The summed E-state index contributed by atoms with van der Waals surface area (Å²) >= 11 is 0. The van der Waals surface area contributed by atoms with Gasteiger partial charge in [-0.1, -0.05) is 151 Å². The molecule has 0 amide bonds. The highest BCUT2D eigenvalue weighted by molar-refractivity contribution is 6.13. The van der Waals surface area contributed by atoms with Gasteiger partial charge in [0.2, 0.25) is 0 Å². The Balaban J connectivity index is 1.34. The van der Waals surface area contributed by atoms with Crippen LogP contribution in [0.1, 0.15) is 17.8 Å². The summed E-state index contributed by atoms with van der Waals surface area (Å²) in [5.74, 6) is 0. The van der Waals surface area contributed by atoms with Crippen LogP contribution in [-0.4, -0.2) is 0 Å². The van der Waals surface area contributed by atoms with Crippen LogP contribution in [0.3, 0.4) is 0 Å². The van der Waals surface area contributed by atoms with Crippen LogP contribution in [0.25, 0.3) is 65.7 Å². The minimum absolute atomic E-state index is 0.0339. The van der Waals surface area contributed by atoms with Crippen molar-refractivity contribution in [3.05, 3.63) is 200 Å². The Morgan fingerprint density at radius 3 is 1.67 bits per heavy atom. The van der Waals surface area contributed by atoms with Crippen LogP contribution in [0.5, 0.6) is 0 Å². The van der Waals surface area contributed by atoms with E-state index in [2.05, 4.69) is 0 Å². The maximum absolute atomic E-state index is 9.62. The number of hydrogen-bond acceptors (Lipinski definition) is 1. The molecule has 0 aliphatic heterocycles. The number of fused-ring (bicyclic) bond motifs is 4. The number of nitrogens with zero attached hydrogens (tertiary/aromatic N) is 1. The van der Waals surface area contributed by atoms with Gasteiger partial charge in [0.15, 0.2) is 0 Å². The lowest BCUT2D eigenvalue weighted by molar-refractivity contribution is 1.28. The number of rotatable bonds is 6. The Morgan fingerprint density at radius 1 is 0.327 bits per heavy atom. The predicted molar refractivity (Wildman–Crippen MR) is 210 cm³/mol. The summed E-state index contributed by atoms with van der Waals surface area (Å²) in [7, 11) is 0. The second-order valence-corrected chi connectivity index (χ2v) is 11.6. The highest BCUT2D eigenvalue weighted by Gasteiger charge is 2.15. The van der Waals surface area contributed by atoms with Crippen molar-refractivity contribution in [3.63, 3.8) is 0 Å². The van der Waals surface area contributed by atoms with E-state index in [4.69, 9.17) is 6.85 Å². The Morgan fingerprint density at radius 2 is 0.918 bits per heavy atom. The van der Waals surface area contributed by atoms with Gasteiger partial charge in [0.25, 0.3) is 0 Å². The van der Waals surface area contributed by atoms with Crippen molar-refractivity contribution < 1.29 is 17.8 Å². The second-order valence-electron chi connectivity index (χ2n) is 11.6. The molecule has 49 heavy (non-hydrogen) atoms. The molecule has 0 atom stereocenters. The first-order valence-corrected chi connectivity index (χ1v) is 15.8. The number of anilines is 3. The molecule has 0 N–H and O–H groups in total. The van der Waals surface area contributed by atoms with Crippen LogP contribution in [0.4, 0.5) is 17.1 Å². The maximum atomic E-state index is 9.62. The van der Waals surface area contributed by atoms with Gasteiger partial charge in [0.1, 0.15) is 0 Å². The molecule has 0 heterocycles. The summed E-state index contributed by atoms with van der Waals surface area (Å²) in [6, 6.07) is 29.4. The molecule has 0 unspecified atom stereocenters. The van der Waals surface area contributed by atoms with Crippen molar-refractivity contribution in [2.24, 2.45) is 0 Å². The van der Waals surface area contributed by atoms with Gasteiger partial charge in [-0.15, -0.1) is 0 Å². The highest BCUT2D eigenvalue weighted by Crippen LogP contribution is 2.40. The maximum Gasteiger partial charge on any atom is 0.0645 e. The summed E-state index contributed by atoms with van der Waals surface area (Å²) < 4.78 is 117. The molecule has 9 aromatic rings. The average molecular weight is 637 g/mol. The minimum atomic E-state index is -0.732. The third-order valence-corrected chi connectivity index (χ3v) is 8.65. The van der Waals surface area contributed by atoms with Gasteiger partial charge in [-0.05, 0) is 114 Å². The first-order valence-electron chi connectivity index (χ1n) is 22.3. The van der Waals surface area contributed by atoms with E-state index in [0.29, 0.717) is 16.5 Å². The van der Waals surface area contributed by atoms with Gasteiger partial charge < -0.3 is 4.90 Å². The second kappa shape index (κ2) is 12.3. The summed E-state index contributed by atoms with van der Waals surface area (Å²) in [6.45, 7) is 0. The molecule has 0 bridgehead atoms. The molecule has 0 saturated carbocycles. The molecule has 1 nitrogen and oxygen atoms in total. The molecule has 9 aromatic carbocycles. The molecule has 0 aliphatic carbocycles. The van der Waals surface area contributed by atoms with Gasteiger partial charge >= 0.3 is 0 Å². The Bertz CT molecular complexity index is 3280. The van der Waals surface area contributed by atoms with Gasteiger partial charge in [-0.25, -0.2) is 0 Å². The molecule has 0 spiro atoms. The fraction of sp³-hybridized carbons (Fsp3) is 0. The van der Waals surface area contributed by atoms with E-state index in [1.165, 1.54) is 4.90 Å².